The summed E-state index contributed by atoms with van der Waals surface area (Å²) in [6.45, 7) is 5.47. The Bertz CT molecular complexity index is 319. The molecular formula is C16H29NO3. The van der Waals surface area contributed by atoms with Crippen LogP contribution in [0.2, 0.25) is 0 Å². The van der Waals surface area contributed by atoms with Crippen LogP contribution >= 0.6 is 0 Å². The molecule has 0 bridgehead atoms. The highest BCUT2D eigenvalue weighted by Gasteiger charge is 2.38. The summed E-state index contributed by atoms with van der Waals surface area (Å²) in [5.74, 6) is 0.302. The highest BCUT2D eigenvalue weighted by Crippen LogP contribution is 2.29. The van der Waals surface area contributed by atoms with Crippen molar-refractivity contribution >= 4 is 5.91 Å². The lowest BCUT2D eigenvalue weighted by Crippen LogP contribution is -2.46. The van der Waals surface area contributed by atoms with Gasteiger partial charge in [0.2, 0.25) is 5.91 Å². The molecule has 4 unspecified atom stereocenters. The van der Waals surface area contributed by atoms with Crippen LogP contribution in [-0.4, -0.2) is 47.3 Å². The van der Waals surface area contributed by atoms with E-state index in [-0.39, 0.29) is 30.1 Å². The minimum Gasteiger partial charge on any atom is -0.393 e. The van der Waals surface area contributed by atoms with Crippen LogP contribution in [0.3, 0.4) is 0 Å². The van der Waals surface area contributed by atoms with E-state index in [0.717, 1.165) is 32.2 Å². The Kier molecular flexibility index (Phi) is 5.85. The summed E-state index contributed by atoms with van der Waals surface area (Å²) >= 11 is 0. The van der Waals surface area contributed by atoms with Crippen LogP contribution < -0.4 is 0 Å². The Morgan fingerprint density at radius 2 is 2.15 bits per heavy atom. The Morgan fingerprint density at radius 3 is 2.85 bits per heavy atom. The number of hydrogen-bond acceptors (Lipinski definition) is 3. The zero-order chi connectivity index (χ0) is 14.5. The van der Waals surface area contributed by atoms with Gasteiger partial charge in [-0.2, -0.15) is 0 Å². The van der Waals surface area contributed by atoms with Crippen molar-refractivity contribution in [2.75, 3.05) is 13.2 Å². The van der Waals surface area contributed by atoms with E-state index in [1.807, 2.05) is 6.92 Å². The number of aliphatic hydroxyl groups excluding tert-OH is 1. The van der Waals surface area contributed by atoms with Crippen molar-refractivity contribution < 1.29 is 14.6 Å². The average Bonchev–Trinajstić information content (AvgIpc) is 2.78. The number of aliphatic hydroxyl groups is 1. The number of ether oxygens (including phenoxy) is 1. The van der Waals surface area contributed by atoms with Crippen molar-refractivity contribution in [3.63, 3.8) is 0 Å². The van der Waals surface area contributed by atoms with Crippen molar-refractivity contribution in [2.45, 2.75) is 77.0 Å². The van der Waals surface area contributed by atoms with Crippen LogP contribution in [0.15, 0.2) is 0 Å². The highest BCUT2D eigenvalue weighted by atomic mass is 16.5. The second kappa shape index (κ2) is 7.41. The zero-order valence-corrected chi connectivity index (χ0v) is 12.9. The second-order valence-electron chi connectivity index (χ2n) is 6.33. The van der Waals surface area contributed by atoms with Crippen LogP contribution in [0, 0.1) is 5.92 Å². The Hall–Kier alpha value is -0.610. The fourth-order valence-electron chi connectivity index (χ4n) is 3.65. The third-order valence-electron chi connectivity index (χ3n) is 4.70. The zero-order valence-electron chi connectivity index (χ0n) is 12.9. The van der Waals surface area contributed by atoms with Crippen molar-refractivity contribution in [3.8, 4) is 0 Å². The first kappa shape index (κ1) is 15.8. The predicted molar refractivity (Wildman–Crippen MR) is 78.4 cm³/mol. The summed E-state index contributed by atoms with van der Waals surface area (Å²) in [5.41, 5.74) is 0. The lowest BCUT2D eigenvalue weighted by Gasteiger charge is -2.34. The topological polar surface area (TPSA) is 49.8 Å². The smallest absolute Gasteiger partial charge is 0.228 e. The molecule has 2 fully saturated rings. The predicted octanol–water partition coefficient (Wildman–Crippen LogP) is 2.34. The second-order valence-corrected chi connectivity index (χ2v) is 6.33. The van der Waals surface area contributed by atoms with Crippen LogP contribution in [0.25, 0.3) is 0 Å². The van der Waals surface area contributed by atoms with Crippen molar-refractivity contribution in [2.24, 2.45) is 5.92 Å². The molecule has 0 aliphatic carbocycles. The molecule has 0 aromatic rings. The first-order valence-corrected chi connectivity index (χ1v) is 8.23. The van der Waals surface area contributed by atoms with Crippen LogP contribution in [0.4, 0.5) is 0 Å². The molecule has 2 saturated heterocycles. The maximum absolute atomic E-state index is 12.9. The molecule has 0 spiro atoms. The fourth-order valence-corrected chi connectivity index (χ4v) is 3.65. The first-order chi connectivity index (χ1) is 9.63. The molecule has 0 saturated carbocycles. The summed E-state index contributed by atoms with van der Waals surface area (Å²) in [6, 6.07) is 0.211. The number of nitrogens with zero attached hydrogens (tertiary/aromatic N) is 1. The standard InChI is InChI=1S/C16H29NO3/c1-3-15-14(8-10-20-15)16(19)17-9-6-4-5-7-13(17)11-12(2)18/h12-15,18H,3-11H2,1-2H3. The maximum Gasteiger partial charge on any atom is 0.228 e. The number of rotatable bonds is 4. The van der Waals surface area contributed by atoms with Crippen LogP contribution in [0.1, 0.15) is 58.8 Å². The summed E-state index contributed by atoms with van der Waals surface area (Å²) < 4.78 is 5.68. The summed E-state index contributed by atoms with van der Waals surface area (Å²) in [6.07, 6.45) is 6.70. The monoisotopic (exact) mass is 283 g/mol. The maximum atomic E-state index is 12.9. The number of carbonyl (C=O) groups is 1. The molecule has 2 rings (SSSR count). The molecule has 1 N–H and O–H groups in total. The van der Waals surface area contributed by atoms with Crippen LogP contribution in [-0.2, 0) is 9.53 Å². The van der Waals surface area contributed by atoms with E-state index in [1.165, 1.54) is 12.8 Å². The number of hydrogen-bond donors (Lipinski definition) is 1. The van der Waals surface area contributed by atoms with E-state index in [0.29, 0.717) is 13.0 Å². The van der Waals surface area contributed by atoms with Gasteiger partial charge in [0.15, 0.2) is 0 Å². The Labute approximate surface area is 122 Å². The third kappa shape index (κ3) is 3.73. The minimum atomic E-state index is -0.338. The molecule has 2 heterocycles. The molecule has 2 aliphatic rings. The molecule has 2 aliphatic heterocycles. The average molecular weight is 283 g/mol. The lowest BCUT2D eigenvalue weighted by atomic mass is 9.95. The van der Waals surface area contributed by atoms with E-state index in [9.17, 15) is 9.90 Å². The molecular weight excluding hydrogens is 254 g/mol. The van der Waals surface area contributed by atoms with Gasteiger partial charge in [-0.05, 0) is 39.0 Å². The Morgan fingerprint density at radius 1 is 1.35 bits per heavy atom. The normalized spacial score (nSPS) is 33.0. The van der Waals surface area contributed by atoms with Gasteiger partial charge in [0, 0.05) is 19.2 Å². The fraction of sp³-hybridized carbons (Fsp3) is 0.938. The molecule has 4 heteroatoms. The number of likely N-dealkylation sites (tertiary alicyclic amines) is 1. The Balaban J connectivity index is 2.06. The van der Waals surface area contributed by atoms with Crippen molar-refractivity contribution in [3.05, 3.63) is 0 Å². The van der Waals surface area contributed by atoms with Gasteiger partial charge in [-0.25, -0.2) is 0 Å². The third-order valence-corrected chi connectivity index (χ3v) is 4.70. The SMILES string of the molecule is CCC1OCCC1C(=O)N1CCCCCC1CC(C)O. The van der Waals surface area contributed by atoms with E-state index in [1.54, 1.807) is 0 Å². The van der Waals surface area contributed by atoms with Gasteiger partial charge in [0.25, 0.3) is 0 Å². The molecule has 0 aromatic carbocycles. The quantitative estimate of drug-likeness (QED) is 0.861. The lowest BCUT2D eigenvalue weighted by molar-refractivity contribution is -0.140. The van der Waals surface area contributed by atoms with Crippen molar-refractivity contribution in [1.82, 2.24) is 4.90 Å². The van der Waals surface area contributed by atoms with Gasteiger partial charge in [-0.15, -0.1) is 0 Å². The summed E-state index contributed by atoms with van der Waals surface area (Å²) in [4.78, 5) is 14.9. The van der Waals surface area contributed by atoms with Crippen molar-refractivity contribution in [1.29, 1.82) is 0 Å². The van der Waals surface area contributed by atoms with E-state index < -0.39 is 0 Å². The number of carbonyl (C=O) groups excluding carboxylic acids is 1. The molecule has 1 amide bonds. The van der Waals surface area contributed by atoms with Crippen LogP contribution in [0.5, 0.6) is 0 Å². The van der Waals surface area contributed by atoms with E-state index in [4.69, 9.17) is 4.74 Å². The summed E-state index contributed by atoms with van der Waals surface area (Å²) in [5, 5.41) is 9.70. The number of amides is 1. The molecule has 0 radical (unpaired) electrons. The summed E-state index contributed by atoms with van der Waals surface area (Å²) in [7, 11) is 0. The molecule has 4 atom stereocenters. The molecule has 20 heavy (non-hydrogen) atoms. The van der Waals surface area contributed by atoms with Gasteiger partial charge in [-0.1, -0.05) is 19.8 Å². The van der Waals surface area contributed by atoms with E-state index in [2.05, 4.69) is 11.8 Å². The minimum absolute atomic E-state index is 0.0367. The van der Waals surface area contributed by atoms with Gasteiger partial charge in [0.1, 0.15) is 0 Å². The van der Waals surface area contributed by atoms with Gasteiger partial charge >= 0.3 is 0 Å². The van der Waals surface area contributed by atoms with E-state index >= 15 is 0 Å². The first-order valence-electron chi connectivity index (χ1n) is 8.23. The molecule has 0 aromatic heterocycles. The molecule has 4 nitrogen and oxygen atoms in total. The highest BCUT2D eigenvalue weighted by molar-refractivity contribution is 5.80. The van der Waals surface area contributed by atoms with Gasteiger partial charge in [0.05, 0.1) is 18.1 Å². The molecule has 116 valence electrons. The van der Waals surface area contributed by atoms with Gasteiger partial charge in [-0.3, -0.25) is 4.79 Å². The van der Waals surface area contributed by atoms with Gasteiger partial charge < -0.3 is 14.7 Å². The largest absolute Gasteiger partial charge is 0.393 e.